The fourth-order valence-electron chi connectivity index (χ4n) is 4.16. The van der Waals surface area contributed by atoms with E-state index in [-0.39, 0.29) is 6.10 Å². The summed E-state index contributed by atoms with van der Waals surface area (Å²) in [7, 11) is 0. The summed E-state index contributed by atoms with van der Waals surface area (Å²) in [6.45, 7) is 3.07. The number of rotatable bonds is 4. The van der Waals surface area contributed by atoms with Crippen LogP contribution in [0.4, 0.5) is 0 Å². The number of aliphatic hydroxyl groups excluding tert-OH is 1. The molecule has 1 aromatic carbocycles. The maximum atomic E-state index is 10.7. The molecule has 0 amide bonds. The quantitative estimate of drug-likeness (QED) is 0.934. The lowest BCUT2D eigenvalue weighted by molar-refractivity contribution is 0.145. The predicted octanol–water partition coefficient (Wildman–Crippen LogP) is 3.30. The first-order valence-electron chi connectivity index (χ1n) is 8.08. The Morgan fingerprint density at radius 2 is 2.24 bits per heavy atom. The fourth-order valence-corrected chi connectivity index (χ4v) is 4.16. The van der Waals surface area contributed by atoms with Crippen molar-refractivity contribution in [3.05, 3.63) is 53.3 Å². The van der Waals surface area contributed by atoms with Crippen LogP contribution in [0.5, 0.6) is 0 Å². The first kappa shape index (κ1) is 13.1. The van der Waals surface area contributed by atoms with Crippen molar-refractivity contribution in [2.24, 2.45) is 11.8 Å². The van der Waals surface area contributed by atoms with Crippen LogP contribution in [0, 0.1) is 11.8 Å². The van der Waals surface area contributed by atoms with E-state index in [1.807, 2.05) is 17.1 Å². The van der Waals surface area contributed by atoms with Gasteiger partial charge in [-0.25, -0.2) is 0 Å². The number of aromatic nitrogens is 2. The van der Waals surface area contributed by atoms with Crippen LogP contribution in [0.15, 0.2) is 36.7 Å². The van der Waals surface area contributed by atoms with Crippen molar-refractivity contribution in [2.75, 3.05) is 0 Å². The lowest BCUT2D eigenvalue weighted by atomic mass is 9.92. The van der Waals surface area contributed by atoms with Gasteiger partial charge in [-0.2, -0.15) is 5.10 Å². The highest BCUT2D eigenvalue weighted by Gasteiger charge is 2.56. The molecule has 2 aromatic rings. The Labute approximate surface area is 125 Å². The molecule has 3 heteroatoms. The SMILES string of the molecule is CCCn1cc(C(O)C2C3CCc4ccccc4C32)cn1. The average Bonchev–Trinajstić information content (AvgIpc) is 3.08. The van der Waals surface area contributed by atoms with Crippen molar-refractivity contribution in [1.29, 1.82) is 0 Å². The Balaban J connectivity index is 1.56. The van der Waals surface area contributed by atoms with Gasteiger partial charge in [0.1, 0.15) is 0 Å². The summed E-state index contributed by atoms with van der Waals surface area (Å²) in [4.78, 5) is 0. The summed E-state index contributed by atoms with van der Waals surface area (Å²) >= 11 is 0. The number of fused-ring (bicyclic) bond motifs is 3. The molecule has 110 valence electrons. The van der Waals surface area contributed by atoms with Gasteiger partial charge in [0, 0.05) is 18.3 Å². The Morgan fingerprint density at radius 3 is 3.10 bits per heavy atom. The van der Waals surface area contributed by atoms with Gasteiger partial charge in [0.2, 0.25) is 0 Å². The van der Waals surface area contributed by atoms with Crippen LogP contribution in [0.1, 0.15) is 48.5 Å². The van der Waals surface area contributed by atoms with E-state index in [1.54, 1.807) is 0 Å². The number of nitrogens with zero attached hydrogens (tertiary/aromatic N) is 2. The minimum Gasteiger partial charge on any atom is -0.388 e. The zero-order chi connectivity index (χ0) is 14.4. The maximum Gasteiger partial charge on any atom is 0.0857 e. The molecule has 4 atom stereocenters. The van der Waals surface area contributed by atoms with E-state index in [2.05, 4.69) is 36.3 Å². The molecular formula is C18H22N2O. The summed E-state index contributed by atoms with van der Waals surface area (Å²) in [6.07, 6.45) is 6.94. The first-order chi connectivity index (χ1) is 10.3. The third-order valence-electron chi connectivity index (χ3n) is 5.20. The van der Waals surface area contributed by atoms with Gasteiger partial charge in [0.15, 0.2) is 0 Å². The van der Waals surface area contributed by atoms with Crippen LogP contribution in [0.3, 0.4) is 0 Å². The molecule has 1 saturated carbocycles. The van der Waals surface area contributed by atoms with Crippen molar-refractivity contribution in [2.45, 2.75) is 44.8 Å². The summed E-state index contributed by atoms with van der Waals surface area (Å²) < 4.78 is 1.94. The third-order valence-corrected chi connectivity index (χ3v) is 5.20. The van der Waals surface area contributed by atoms with E-state index < -0.39 is 0 Å². The molecule has 0 radical (unpaired) electrons. The number of benzene rings is 1. The van der Waals surface area contributed by atoms with Crippen molar-refractivity contribution in [3.63, 3.8) is 0 Å². The van der Waals surface area contributed by atoms with E-state index in [0.29, 0.717) is 17.8 Å². The van der Waals surface area contributed by atoms with E-state index >= 15 is 0 Å². The fraction of sp³-hybridized carbons (Fsp3) is 0.500. The van der Waals surface area contributed by atoms with Gasteiger partial charge in [-0.3, -0.25) is 4.68 Å². The molecule has 3 nitrogen and oxygen atoms in total. The zero-order valence-electron chi connectivity index (χ0n) is 12.4. The highest BCUT2D eigenvalue weighted by Crippen LogP contribution is 2.64. The second-order valence-electron chi connectivity index (χ2n) is 6.49. The Morgan fingerprint density at radius 1 is 1.38 bits per heavy atom. The second-order valence-corrected chi connectivity index (χ2v) is 6.49. The molecule has 0 bridgehead atoms. The molecule has 1 N–H and O–H groups in total. The lowest BCUT2D eigenvalue weighted by Gasteiger charge is -2.13. The highest BCUT2D eigenvalue weighted by molar-refractivity contribution is 5.40. The van der Waals surface area contributed by atoms with Gasteiger partial charge < -0.3 is 5.11 Å². The van der Waals surface area contributed by atoms with Crippen molar-refractivity contribution >= 4 is 0 Å². The minimum atomic E-state index is -0.364. The van der Waals surface area contributed by atoms with Crippen LogP contribution in [0.2, 0.25) is 0 Å². The average molecular weight is 282 g/mol. The van der Waals surface area contributed by atoms with Gasteiger partial charge in [0.05, 0.1) is 12.3 Å². The first-order valence-corrected chi connectivity index (χ1v) is 8.08. The van der Waals surface area contributed by atoms with E-state index in [4.69, 9.17) is 0 Å². The van der Waals surface area contributed by atoms with E-state index in [0.717, 1.165) is 24.9 Å². The summed E-state index contributed by atoms with van der Waals surface area (Å²) in [5, 5.41) is 15.1. The van der Waals surface area contributed by atoms with E-state index in [1.165, 1.54) is 17.5 Å². The minimum absolute atomic E-state index is 0.364. The predicted molar refractivity (Wildman–Crippen MR) is 82.0 cm³/mol. The molecule has 4 unspecified atom stereocenters. The smallest absolute Gasteiger partial charge is 0.0857 e. The molecule has 1 heterocycles. The molecule has 0 saturated heterocycles. The summed E-state index contributed by atoms with van der Waals surface area (Å²) in [5.41, 5.74) is 3.94. The van der Waals surface area contributed by atoms with Gasteiger partial charge in [0.25, 0.3) is 0 Å². The molecule has 0 spiro atoms. The van der Waals surface area contributed by atoms with Gasteiger partial charge >= 0.3 is 0 Å². The van der Waals surface area contributed by atoms with Crippen LogP contribution in [0.25, 0.3) is 0 Å². The van der Waals surface area contributed by atoms with Crippen LogP contribution >= 0.6 is 0 Å². The van der Waals surface area contributed by atoms with E-state index in [9.17, 15) is 5.11 Å². The molecule has 2 aliphatic carbocycles. The van der Waals surface area contributed by atoms with Gasteiger partial charge in [-0.1, -0.05) is 31.2 Å². The number of aryl methyl sites for hydroxylation is 2. The number of hydrogen-bond acceptors (Lipinski definition) is 2. The maximum absolute atomic E-state index is 10.7. The van der Waals surface area contributed by atoms with Crippen molar-refractivity contribution < 1.29 is 5.11 Å². The number of aliphatic hydroxyl groups is 1. The largest absolute Gasteiger partial charge is 0.388 e. The Hall–Kier alpha value is -1.61. The molecular weight excluding hydrogens is 260 g/mol. The third kappa shape index (κ3) is 2.11. The topological polar surface area (TPSA) is 38.0 Å². The Kier molecular flexibility index (Phi) is 3.11. The lowest BCUT2D eigenvalue weighted by Crippen LogP contribution is -2.01. The zero-order valence-corrected chi connectivity index (χ0v) is 12.4. The number of hydrogen-bond donors (Lipinski definition) is 1. The van der Waals surface area contributed by atoms with Gasteiger partial charge in [-0.15, -0.1) is 0 Å². The van der Waals surface area contributed by atoms with Crippen molar-refractivity contribution in [1.82, 2.24) is 9.78 Å². The van der Waals surface area contributed by atoms with Crippen LogP contribution < -0.4 is 0 Å². The normalized spacial score (nSPS) is 27.8. The van der Waals surface area contributed by atoms with Crippen LogP contribution in [-0.4, -0.2) is 14.9 Å². The summed E-state index contributed by atoms with van der Waals surface area (Å²) in [6, 6.07) is 8.75. The molecule has 4 rings (SSSR count). The summed E-state index contributed by atoms with van der Waals surface area (Å²) in [5.74, 6) is 1.59. The highest BCUT2D eigenvalue weighted by atomic mass is 16.3. The molecule has 1 fully saturated rings. The Bertz CT molecular complexity index is 648. The molecule has 0 aliphatic heterocycles. The van der Waals surface area contributed by atoms with Crippen LogP contribution in [-0.2, 0) is 13.0 Å². The molecule has 21 heavy (non-hydrogen) atoms. The monoisotopic (exact) mass is 282 g/mol. The van der Waals surface area contributed by atoms with Crippen molar-refractivity contribution in [3.8, 4) is 0 Å². The molecule has 2 aliphatic rings. The molecule has 1 aromatic heterocycles. The van der Waals surface area contributed by atoms with Gasteiger partial charge in [-0.05, 0) is 48.1 Å². The second kappa shape index (κ2) is 4.99. The standard InChI is InChI=1S/C18H22N2O/c1-2-9-20-11-13(10-19-20)18(21)17-15-8-7-12-5-3-4-6-14(12)16(15)17/h3-6,10-11,15-18,21H,2,7-9H2,1H3.